The SMILES string of the molecule is CCOc1ccc(CN2CCC(Nc3ccnc4ccccc34)CC2)cc1OCC. The Labute approximate surface area is 179 Å². The molecule has 1 aliphatic rings. The number of piperidine rings is 1. The molecule has 1 saturated heterocycles. The summed E-state index contributed by atoms with van der Waals surface area (Å²) in [5.41, 5.74) is 3.50. The van der Waals surface area contributed by atoms with Gasteiger partial charge in [-0.05, 0) is 56.5 Å². The summed E-state index contributed by atoms with van der Waals surface area (Å²) < 4.78 is 11.5. The van der Waals surface area contributed by atoms with Crippen LogP contribution in [-0.2, 0) is 6.54 Å². The van der Waals surface area contributed by atoms with Gasteiger partial charge in [0.1, 0.15) is 0 Å². The molecule has 5 nitrogen and oxygen atoms in total. The Balaban J connectivity index is 1.35. The smallest absolute Gasteiger partial charge is 0.161 e. The van der Waals surface area contributed by atoms with Gasteiger partial charge in [0.2, 0.25) is 0 Å². The van der Waals surface area contributed by atoms with Crippen LogP contribution in [0.1, 0.15) is 32.3 Å². The number of hydrogen-bond acceptors (Lipinski definition) is 5. The average Bonchev–Trinajstić information content (AvgIpc) is 2.77. The van der Waals surface area contributed by atoms with Gasteiger partial charge >= 0.3 is 0 Å². The molecule has 2 aromatic carbocycles. The van der Waals surface area contributed by atoms with Gasteiger partial charge in [0, 0.05) is 42.9 Å². The number of rotatable bonds is 8. The molecule has 0 saturated carbocycles. The Morgan fingerprint density at radius 2 is 1.73 bits per heavy atom. The zero-order chi connectivity index (χ0) is 20.8. The molecule has 1 aliphatic heterocycles. The van der Waals surface area contributed by atoms with Gasteiger partial charge in [-0.3, -0.25) is 9.88 Å². The minimum Gasteiger partial charge on any atom is -0.490 e. The third kappa shape index (κ3) is 4.85. The van der Waals surface area contributed by atoms with Crippen molar-refractivity contribution in [2.45, 2.75) is 39.3 Å². The van der Waals surface area contributed by atoms with Gasteiger partial charge in [-0.15, -0.1) is 0 Å². The summed E-state index contributed by atoms with van der Waals surface area (Å²) in [7, 11) is 0. The van der Waals surface area contributed by atoms with E-state index >= 15 is 0 Å². The standard InChI is InChI=1S/C25H31N3O2/c1-3-29-24-10-9-19(17-25(24)30-4-2)18-28-15-12-20(13-16-28)27-23-11-14-26-22-8-6-5-7-21(22)23/h5-11,14,17,20H,3-4,12-13,15-16,18H2,1-2H3,(H,26,27). The molecule has 0 unspecified atom stereocenters. The van der Waals surface area contributed by atoms with Crippen molar-refractivity contribution >= 4 is 16.6 Å². The van der Waals surface area contributed by atoms with Crippen molar-refractivity contribution in [2.24, 2.45) is 0 Å². The molecule has 30 heavy (non-hydrogen) atoms. The number of para-hydroxylation sites is 1. The van der Waals surface area contributed by atoms with E-state index in [1.807, 2.05) is 32.2 Å². The Morgan fingerprint density at radius 1 is 0.967 bits per heavy atom. The highest BCUT2D eigenvalue weighted by Gasteiger charge is 2.20. The second kappa shape index (κ2) is 9.81. The van der Waals surface area contributed by atoms with E-state index in [9.17, 15) is 0 Å². The van der Waals surface area contributed by atoms with Gasteiger partial charge in [-0.2, -0.15) is 0 Å². The van der Waals surface area contributed by atoms with E-state index < -0.39 is 0 Å². The van der Waals surface area contributed by atoms with Crippen molar-refractivity contribution in [1.29, 1.82) is 0 Å². The van der Waals surface area contributed by atoms with Crippen molar-refractivity contribution in [3.05, 3.63) is 60.3 Å². The Kier molecular flexibility index (Phi) is 6.70. The minimum atomic E-state index is 0.492. The lowest BCUT2D eigenvalue weighted by molar-refractivity contribution is 0.210. The third-order valence-corrected chi connectivity index (χ3v) is 5.61. The molecule has 0 spiro atoms. The lowest BCUT2D eigenvalue weighted by Crippen LogP contribution is -2.38. The summed E-state index contributed by atoms with van der Waals surface area (Å²) in [6.45, 7) is 8.40. The number of nitrogens with one attached hydrogen (secondary N) is 1. The molecule has 1 N–H and O–H groups in total. The number of anilines is 1. The molecular weight excluding hydrogens is 374 g/mol. The van der Waals surface area contributed by atoms with Gasteiger partial charge in [-0.25, -0.2) is 0 Å². The minimum absolute atomic E-state index is 0.492. The van der Waals surface area contributed by atoms with Crippen LogP contribution < -0.4 is 14.8 Å². The normalized spacial score (nSPS) is 15.3. The number of aromatic nitrogens is 1. The monoisotopic (exact) mass is 405 g/mol. The van der Waals surface area contributed by atoms with Crippen LogP contribution in [0.2, 0.25) is 0 Å². The lowest BCUT2D eigenvalue weighted by Gasteiger charge is -2.33. The van der Waals surface area contributed by atoms with E-state index in [0.29, 0.717) is 19.3 Å². The summed E-state index contributed by atoms with van der Waals surface area (Å²) in [5, 5.41) is 4.95. The number of likely N-dealkylation sites (tertiary alicyclic amines) is 1. The van der Waals surface area contributed by atoms with Gasteiger partial charge < -0.3 is 14.8 Å². The fourth-order valence-corrected chi connectivity index (χ4v) is 4.13. The zero-order valence-corrected chi connectivity index (χ0v) is 17.9. The van der Waals surface area contributed by atoms with E-state index in [-0.39, 0.29) is 0 Å². The molecule has 0 aliphatic carbocycles. The number of ether oxygens (including phenoxy) is 2. The van der Waals surface area contributed by atoms with Gasteiger partial charge in [0.15, 0.2) is 11.5 Å². The maximum Gasteiger partial charge on any atom is 0.161 e. The topological polar surface area (TPSA) is 46.6 Å². The second-order valence-electron chi connectivity index (χ2n) is 7.72. The number of pyridine rings is 1. The Hall–Kier alpha value is -2.79. The molecular formula is C25H31N3O2. The molecule has 1 fully saturated rings. The first-order valence-corrected chi connectivity index (χ1v) is 11.0. The number of fused-ring (bicyclic) bond motifs is 1. The highest BCUT2D eigenvalue weighted by molar-refractivity contribution is 5.90. The van der Waals surface area contributed by atoms with E-state index in [1.54, 1.807) is 0 Å². The molecule has 2 heterocycles. The van der Waals surface area contributed by atoms with Crippen molar-refractivity contribution < 1.29 is 9.47 Å². The largest absolute Gasteiger partial charge is 0.490 e. The Morgan fingerprint density at radius 3 is 2.53 bits per heavy atom. The maximum absolute atomic E-state index is 5.78. The average molecular weight is 406 g/mol. The summed E-state index contributed by atoms with van der Waals surface area (Å²) in [6.07, 6.45) is 4.15. The lowest BCUT2D eigenvalue weighted by atomic mass is 10.0. The summed E-state index contributed by atoms with van der Waals surface area (Å²) >= 11 is 0. The van der Waals surface area contributed by atoms with Crippen LogP contribution in [0.25, 0.3) is 10.9 Å². The van der Waals surface area contributed by atoms with Crippen LogP contribution in [0, 0.1) is 0 Å². The van der Waals surface area contributed by atoms with Crippen LogP contribution in [0.4, 0.5) is 5.69 Å². The fourth-order valence-electron chi connectivity index (χ4n) is 4.13. The first-order valence-electron chi connectivity index (χ1n) is 11.0. The van der Waals surface area contributed by atoms with E-state index in [0.717, 1.165) is 49.5 Å². The van der Waals surface area contributed by atoms with Crippen molar-refractivity contribution in [3.63, 3.8) is 0 Å². The third-order valence-electron chi connectivity index (χ3n) is 5.61. The van der Waals surface area contributed by atoms with Crippen LogP contribution >= 0.6 is 0 Å². The maximum atomic E-state index is 5.78. The first-order chi connectivity index (χ1) is 14.8. The summed E-state index contributed by atoms with van der Waals surface area (Å²) in [5.74, 6) is 1.67. The Bertz CT molecular complexity index is 962. The molecule has 1 aromatic heterocycles. The predicted octanol–water partition coefficient (Wildman–Crippen LogP) is 5.11. The highest BCUT2D eigenvalue weighted by Crippen LogP contribution is 2.30. The van der Waals surface area contributed by atoms with Crippen LogP contribution in [0.15, 0.2) is 54.7 Å². The highest BCUT2D eigenvalue weighted by atomic mass is 16.5. The van der Waals surface area contributed by atoms with E-state index in [2.05, 4.69) is 51.6 Å². The molecule has 3 aromatic rings. The van der Waals surface area contributed by atoms with E-state index in [4.69, 9.17) is 9.47 Å². The molecule has 4 rings (SSSR count). The second-order valence-corrected chi connectivity index (χ2v) is 7.72. The summed E-state index contributed by atoms with van der Waals surface area (Å²) in [6, 6.07) is 17.2. The molecule has 0 atom stereocenters. The number of hydrogen-bond donors (Lipinski definition) is 1. The van der Waals surface area contributed by atoms with Gasteiger partial charge in [-0.1, -0.05) is 24.3 Å². The van der Waals surface area contributed by atoms with Crippen molar-refractivity contribution in [2.75, 3.05) is 31.6 Å². The quantitative estimate of drug-likeness (QED) is 0.564. The summed E-state index contributed by atoms with van der Waals surface area (Å²) in [4.78, 5) is 6.99. The zero-order valence-electron chi connectivity index (χ0n) is 17.9. The first kappa shape index (κ1) is 20.5. The van der Waals surface area contributed by atoms with Crippen molar-refractivity contribution in [1.82, 2.24) is 9.88 Å². The van der Waals surface area contributed by atoms with Crippen LogP contribution in [0.3, 0.4) is 0 Å². The molecule has 5 heteroatoms. The van der Waals surface area contributed by atoms with Crippen molar-refractivity contribution in [3.8, 4) is 11.5 Å². The fraction of sp³-hybridized carbons (Fsp3) is 0.400. The molecule has 158 valence electrons. The van der Waals surface area contributed by atoms with Crippen LogP contribution in [0.5, 0.6) is 11.5 Å². The molecule has 0 radical (unpaired) electrons. The van der Waals surface area contributed by atoms with Gasteiger partial charge in [0.25, 0.3) is 0 Å². The number of nitrogens with zero attached hydrogens (tertiary/aromatic N) is 2. The molecule has 0 bridgehead atoms. The van der Waals surface area contributed by atoms with Gasteiger partial charge in [0.05, 0.1) is 18.7 Å². The predicted molar refractivity (Wildman–Crippen MR) is 122 cm³/mol. The van der Waals surface area contributed by atoms with E-state index in [1.165, 1.54) is 16.6 Å². The number of benzene rings is 2. The molecule has 0 amide bonds. The van der Waals surface area contributed by atoms with Crippen LogP contribution in [-0.4, -0.2) is 42.2 Å².